The monoisotopic (exact) mass is 301 g/mol. The van der Waals surface area contributed by atoms with E-state index in [0.717, 1.165) is 41.8 Å². The number of nitrogens with zero attached hydrogens (tertiary/aromatic N) is 2. The number of halogens is 1. The topological polar surface area (TPSA) is 28.2 Å². The lowest BCUT2D eigenvalue weighted by Gasteiger charge is -2.28. The number of aromatic nitrogens is 1. The molecule has 19 heavy (non-hydrogen) atoms. The highest BCUT2D eigenvalue weighted by Crippen LogP contribution is 2.21. The molecule has 1 heterocycles. The lowest BCUT2D eigenvalue weighted by Crippen LogP contribution is -2.34. The molecule has 1 N–H and O–H groups in total. The quantitative estimate of drug-likeness (QED) is 0.796. The Balaban J connectivity index is 2.87. The highest BCUT2D eigenvalue weighted by Gasteiger charge is 2.15. The number of thioether (sulfide) groups is 1. The Morgan fingerprint density at radius 1 is 1.42 bits per heavy atom. The Hall–Kier alpha value is -0.450. The van der Waals surface area contributed by atoms with E-state index >= 15 is 0 Å². The van der Waals surface area contributed by atoms with E-state index < -0.39 is 0 Å². The summed E-state index contributed by atoms with van der Waals surface area (Å²) < 4.78 is 0. The van der Waals surface area contributed by atoms with Crippen LogP contribution < -0.4 is 10.2 Å². The molecule has 0 amide bonds. The van der Waals surface area contributed by atoms with E-state index in [9.17, 15) is 0 Å². The van der Waals surface area contributed by atoms with Gasteiger partial charge < -0.3 is 10.2 Å². The minimum atomic E-state index is 0.510. The summed E-state index contributed by atoms with van der Waals surface area (Å²) in [6.07, 6.45) is 3.26. The molecule has 0 aliphatic rings. The van der Waals surface area contributed by atoms with Gasteiger partial charge in [0.15, 0.2) is 0 Å². The van der Waals surface area contributed by atoms with E-state index in [0.29, 0.717) is 6.04 Å². The van der Waals surface area contributed by atoms with E-state index in [-0.39, 0.29) is 0 Å². The van der Waals surface area contributed by atoms with Crippen LogP contribution in [0.3, 0.4) is 0 Å². The maximum Gasteiger partial charge on any atom is 0.128 e. The molecule has 0 aromatic carbocycles. The second-order valence-corrected chi connectivity index (χ2v) is 5.82. The molecule has 5 heteroatoms. The summed E-state index contributed by atoms with van der Waals surface area (Å²) in [6.45, 7) is 5.93. The van der Waals surface area contributed by atoms with Crippen molar-refractivity contribution in [1.29, 1.82) is 0 Å². The minimum Gasteiger partial charge on any atom is -0.356 e. The van der Waals surface area contributed by atoms with Crippen LogP contribution in [0.25, 0.3) is 0 Å². The van der Waals surface area contributed by atoms with Gasteiger partial charge in [0, 0.05) is 25.4 Å². The molecule has 108 valence electrons. The molecule has 0 bridgehead atoms. The van der Waals surface area contributed by atoms with Gasteiger partial charge >= 0.3 is 0 Å². The van der Waals surface area contributed by atoms with Gasteiger partial charge in [-0.3, -0.25) is 0 Å². The van der Waals surface area contributed by atoms with Crippen LogP contribution in [0.4, 0.5) is 5.82 Å². The maximum atomic E-state index is 6.19. The molecule has 0 fully saturated rings. The van der Waals surface area contributed by atoms with Crippen LogP contribution in [0.1, 0.15) is 26.0 Å². The fraction of sp³-hybridized carbons (Fsp3) is 0.643. The molecule has 1 atom stereocenters. The summed E-state index contributed by atoms with van der Waals surface area (Å²) >= 11 is 8.06. The molecular weight excluding hydrogens is 278 g/mol. The second kappa shape index (κ2) is 8.67. The molecule has 3 nitrogen and oxygen atoms in total. The van der Waals surface area contributed by atoms with E-state index in [1.54, 1.807) is 0 Å². The minimum absolute atomic E-state index is 0.510. The second-order valence-electron chi connectivity index (χ2n) is 4.51. The van der Waals surface area contributed by atoms with Crippen molar-refractivity contribution in [2.75, 3.05) is 30.5 Å². The van der Waals surface area contributed by atoms with Gasteiger partial charge in [0.25, 0.3) is 0 Å². The van der Waals surface area contributed by atoms with Crippen molar-refractivity contribution in [2.45, 2.75) is 32.9 Å². The first-order valence-corrected chi connectivity index (χ1v) is 8.49. The number of pyridine rings is 1. The van der Waals surface area contributed by atoms with Crippen LogP contribution in [0.2, 0.25) is 5.02 Å². The highest BCUT2D eigenvalue weighted by atomic mass is 35.5. The number of hydrogen-bond donors (Lipinski definition) is 1. The van der Waals surface area contributed by atoms with Gasteiger partial charge in [0.2, 0.25) is 0 Å². The zero-order valence-corrected chi connectivity index (χ0v) is 13.8. The lowest BCUT2D eigenvalue weighted by molar-refractivity contribution is 0.659. The van der Waals surface area contributed by atoms with Crippen LogP contribution >= 0.6 is 23.4 Å². The van der Waals surface area contributed by atoms with E-state index in [1.807, 2.05) is 23.9 Å². The number of hydrogen-bond acceptors (Lipinski definition) is 4. The predicted octanol–water partition coefficient (Wildman–Crippen LogP) is 3.42. The highest BCUT2D eigenvalue weighted by molar-refractivity contribution is 7.98. The van der Waals surface area contributed by atoms with E-state index in [2.05, 4.69) is 42.4 Å². The van der Waals surface area contributed by atoms with Gasteiger partial charge in [-0.1, -0.05) is 25.4 Å². The van der Waals surface area contributed by atoms with Gasteiger partial charge in [0.05, 0.1) is 10.7 Å². The third-order valence-electron chi connectivity index (χ3n) is 3.19. The smallest absolute Gasteiger partial charge is 0.128 e. The van der Waals surface area contributed by atoms with E-state index in [1.165, 1.54) is 0 Å². The van der Waals surface area contributed by atoms with Crippen molar-refractivity contribution in [3.63, 3.8) is 0 Å². The zero-order chi connectivity index (χ0) is 14.3. The summed E-state index contributed by atoms with van der Waals surface area (Å²) in [4.78, 5) is 6.94. The number of anilines is 1. The third-order valence-corrected chi connectivity index (χ3v) is 4.25. The molecule has 1 unspecified atom stereocenters. The zero-order valence-electron chi connectivity index (χ0n) is 12.2. The molecule has 0 saturated carbocycles. The van der Waals surface area contributed by atoms with Crippen molar-refractivity contribution in [1.82, 2.24) is 10.3 Å². The first-order chi connectivity index (χ1) is 9.13. The van der Waals surface area contributed by atoms with Gasteiger partial charge in [0.1, 0.15) is 5.82 Å². The van der Waals surface area contributed by atoms with Crippen molar-refractivity contribution in [2.24, 2.45) is 0 Å². The molecule has 0 aliphatic heterocycles. The summed E-state index contributed by atoms with van der Waals surface area (Å²) in [7, 11) is 2.11. The molecule has 0 radical (unpaired) electrons. The molecule has 0 aliphatic carbocycles. The van der Waals surface area contributed by atoms with E-state index in [4.69, 9.17) is 11.6 Å². The third kappa shape index (κ3) is 4.86. The summed E-state index contributed by atoms with van der Waals surface area (Å²) in [5.74, 6) is 2.11. The standard InChI is InChI=1S/C14H24ClN3S/c1-5-11(10-19-4)18(3)14-8-7-12(15)13(17-14)9-16-6-2/h7-8,11,16H,5-6,9-10H2,1-4H3. The van der Waals surface area contributed by atoms with Crippen molar-refractivity contribution in [3.8, 4) is 0 Å². The first-order valence-electron chi connectivity index (χ1n) is 6.71. The van der Waals surface area contributed by atoms with Gasteiger partial charge in [-0.15, -0.1) is 0 Å². The summed E-state index contributed by atoms with van der Waals surface area (Å²) in [5.41, 5.74) is 0.923. The number of rotatable bonds is 8. The van der Waals surface area contributed by atoms with Crippen LogP contribution in [-0.2, 0) is 6.54 Å². The summed E-state index contributed by atoms with van der Waals surface area (Å²) in [6, 6.07) is 4.45. The molecule has 1 aromatic rings. The van der Waals surface area contributed by atoms with Crippen LogP contribution in [-0.4, -0.2) is 36.6 Å². The maximum absolute atomic E-state index is 6.19. The summed E-state index contributed by atoms with van der Waals surface area (Å²) in [5, 5.41) is 4.00. The first kappa shape index (κ1) is 16.6. The fourth-order valence-corrected chi connectivity index (χ4v) is 2.94. The SMILES string of the molecule is CCNCc1nc(N(C)C(CC)CSC)ccc1Cl. The Kier molecular flexibility index (Phi) is 7.57. The van der Waals surface area contributed by atoms with Crippen LogP contribution in [0, 0.1) is 0 Å². The fourth-order valence-electron chi connectivity index (χ4n) is 1.92. The predicted molar refractivity (Wildman–Crippen MR) is 87.5 cm³/mol. The van der Waals surface area contributed by atoms with Crippen LogP contribution in [0.5, 0.6) is 0 Å². The molecular formula is C14H24ClN3S. The average Bonchev–Trinajstić information content (AvgIpc) is 2.43. The van der Waals surface area contributed by atoms with Gasteiger partial charge in [-0.2, -0.15) is 11.8 Å². The molecule has 1 aromatic heterocycles. The number of nitrogens with one attached hydrogen (secondary N) is 1. The molecule has 0 saturated heterocycles. The lowest BCUT2D eigenvalue weighted by atomic mass is 10.2. The molecule has 1 rings (SSSR count). The average molecular weight is 302 g/mol. The van der Waals surface area contributed by atoms with Crippen molar-refractivity contribution >= 4 is 29.2 Å². The Morgan fingerprint density at radius 2 is 2.16 bits per heavy atom. The Morgan fingerprint density at radius 3 is 2.74 bits per heavy atom. The van der Waals surface area contributed by atoms with Gasteiger partial charge in [-0.05, 0) is 31.4 Å². The van der Waals surface area contributed by atoms with Crippen LogP contribution in [0.15, 0.2) is 12.1 Å². The largest absolute Gasteiger partial charge is 0.356 e. The van der Waals surface area contributed by atoms with Crippen molar-refractivity contribution < 1.29 is 0 Å². The Bertz CT molecular complexity index is 387. The van der Waals surface area contributed by atoms with Gasteiger partial charge in [-0.25, -0.2) is 4.98 Å². The normalized spacial score (nSPS) is 12.5. The van der Waals surface area contributed by atoms with Crippen molar-refractivity contribution in [3.05, 3.63) is 22.8 Å². The molecule has 0 spiro atoms. The Labute approximate surface area is 126 Å².